The number of carbonyl (C=O) groups excluding carboxylic acids is 2. The molecule has 2 aromatic rings. The monoisotopic (exact) mass is 497 g/mol. The van der Waals surface area contributed by atoms with Crippen LogP contribution in [0.2, 0.25) is 0 Å². The molecule has 2 amide bonds. The zero-order valence-electron chi connectivity index (χ0n) is 21.6. The lowest BCUT2D eigenvalue weighted by atomic mass is 9.96. The van der Waals surface area contributed by atoms with E-state index in [9.17, 15) is 9.59 Å². The molecule has 0 spiro atoms. The number of hydrazine groups is 1. The summed E-state index contributed by atoms with van der Waals surface area (Å²) < 4.78 is 16.4. The van der Waals surface area contributed by atoms with E-state index in [1.807, 2.05) is 49.4 Å². The summed E-state index contributed by atoms with van der Waals surface area (Å²) in [6, 6.07) is 15.7. The van der Waals surface area contributed by atoms with Crippen molar-refractivity contribution in [1.29, 1.82) is 0 Å². The molecule has 2 atom stereocenters. The summed E-state index contributed by atoms with van der Waals surface area (Å²) in [4.78, 5) is 24.7. The van der Waals surface area contributed by atoms with Crippen molar-refractivity contribution in [2.45, 2.75) is 38.7 Å². The molecule has 3 rings (SSSR count). The van der Waals surface area contributed by atoms with Gasteiger partial charge >= 0.3 is 6.09 Å². The molecule has 2 N–H and O–H groups in total. The minimum absolute atomic E-state index is 0.0744. The normalized spacial score (nSPS) is 16.2. The molecule has 1 aliphatic rings. The summed E-state index contributed by atoms with van der Waals surface area (Å²) in [7, 11) is 3.10. The Kier molecular flexibility index (Phi) is 11.2. The van der Waals surface area contributed by atoms with Crippen LogP contribution in [-0.4, -0.2) is 64.1 Å². The first-order valence-corrected chi connectivity index (χ1v) is 12.7. The summed E-state index contributed by atoms with van der Waals surface area (Å²) >= 11 is 0. The third-order valence-corrected chi connectivity index (χ3v) is 6.39. The van der Waals surface area contributed by atoms with Crippen LogP contribution in [0.4, 0.5) is 4.79 Å². The third-order valence-electron chi connectivity index (χ3n) is 6.39. The maximum atomic E-state index is 13.3. The molecular weight excluding hydrogens is 458 g/mol. The second-order valence-electron chi connectivity index (χ2n) is 9.11. The van der Waals surface area contributed by atoms with Crippen LogP contribution < -0.4 is 10.7 Å². The number of alkyl carbamates (subject to hydrolysis) is 1. The van der Waals surface area contributed by atoms with Gasteiger partial charge in [0.15, 0.2) is 0 Å². The number of aryl methyl sites for hydroxylation is 1. The Hall–Kier alpha value is -2.94. The van der Waals surface area contributed by atoms with E-state index in [-0.39, 0.29) is 12.0 Å². The predicted octanol–water partition coefficient (Wildman–Crippen LogP) is 4.24. The summed E-state index contributed by atoms with van der Waals surface area (Å²) in [5.74, 6) is 0.506. The van der Waals surface area contributed by atoms with Crippen LogP contribution in [0.25, 0.3) is 0 Å². The molecule has 36 heavy (non-hydrogen) atoms. The molecule has 0 aromatic heterocycles. The molecule has 196 valence electrons. The molecule has 8 heteroatoms. The van der Waals surface area contributed by atoms with Crippen LogP contribution in [0.3, 0.4) is 0 Å². The fourth-order valence-corrected chi connectivity index (χ4v) is 4.50. The third kappa shape index (κ3) is 8.33. The molecule has 0 bridgehead atoms. The number of methoxy groups -OCH3 is 1. The number of carbonyl (C=O) groups is 2. The first kappa shape index (κ1) is 27.6. The summed E-state index contributed by atoms with van der Waals surface area (Å²) in [5.41, 5.74) is 6.62. The molecule has 1 saturated heterocycles. The van der Waals surface area contributed by atoms with Gasteiger partial charge in [-0.25, -0.2) is 10.2 Å². The predicted molar refractivity (Wildman–Crippen MR) is 139 cm³/mol. The molecule has 1 fully saturated rings. The van der Waals surface area contributed by atoms with Gasteiger partial charge in [-0.15, -0.1) is 0 Å². The Labute approximate surface area is 214 Å². The molecular formula is C28H39N3O5. The van der Waals surface area contributed by atoms with Crippen molar-refractivity contribution < 1.29 is 23.8 Å². The smallest absolute Gasteiger partial charge is 0.406 e. The van der Waals surface area contributed by atoms with Crippen LogP contribution in [0.5, 0.6) is 0 Å². The highest BCUT2D eigenvalue weighted by molar-refractivity contribution is 5.94. The van der Waals surface area contributed by atoms with Gasteiger partial charge < -0.3 is 19.5 Å². The minimum atomic E-state index is -0.499. The molecule has 0 aliphatic carbocycles. The van der Waals surface area contributed by atoms with Crippen molar-refractivity contribution in [3.63, 3.8) is 0 Å². The maximum absolute atomic E-state index is 13.3. The van der Waals surface area contributed by atoms with Crippen LogP contribution in [0.1, 0.15) is 58.8 Å². The standard InChI is InChI=1S/C28H39N3O5/c1-21-8-4-11-23(18-21)26(36-17-14-30-28(33)34-3)24-12-5-13-25(19-24)27(32)31(29-2)15-6-9-22-10-7-16-35-20-22/h4-5,8,11-13,18-19,22,26,29H,6-7,9-10,14-17,20H2,1-3H3,(H,30,33). The largest absolute Gasteiger partial charge is 0.453 e. The highest BCUT2D eigenvalue weighted by Crippen LogP contribution is 2.28. The van der Waals surface area contributed by atoms with Crippen LogP contribution in [0, 0.1) is 12.8 Å². The number of hydrogen-bond acceptors (Lipinski definition) is 6. The zero-order valence-corrected chi connectivity index (χ0v) is 21.6. The molecule has 2 unspecified atom stereocenters. The van der Waals surface area contributed by atoms with Crippen molar-refractivity contribution in [2.75, 3.05) is 47.1 Å². The fourth-order valence-electron chi connectivity index (χ4n) is 4.50. The Balaban J connectivity index is 1.69. The minimum Gasteiger partial charge on any atom is -0.453 e. The quantitative estimate of drug-likeness (QED) is 0.337. The number of nitrogens with one attached hydrogen (secondary N) is 2. The van der Waals surface area contributed by atoms with E-state index in [0.29, 0.717) is 31.2 Å². The lowest BCUT2D eigenvalue weighted by molar-refractivity contribution is 0.0476. The van der Waals surface area contributed by atoms with Crippen LogP contribution in [-0.2, 0) is 14.2 Å². The lowest BCUT2D eigenvalue weighted by Crippen LogP contribution is -2.41. The van der Waals surface area contributed by atoms with E-state index in [2.05, 4.69) is 21.5 Å². The molecule has 1 aliphatic heterocycles. The second-order valence-corrected chi connectivity index (χ2v) is 9.11. The summed E-state index contributed by atoms with van der Waals surface area (Å²) in [6.45, 7) is 4.96. The topological polar surface area (TPSA) is 89.1 Å². The summed E-state index contributed by atoms with van der Waals surface area (Å²) in [6.07, 6.45) is 3.41. The van der Waals surface area contributed by atoms with E-state index in [1.165, 1.54) is 13.5 Å². The first-order chi connectivity index (χ1) is 17.5. The van der Waals surface area contributed by atoms with Crippen LogP contribution >= 0.6 is 0 Å². The number of nitrogens with zero attached hydrogens (tertiary/aromatic N) is 1. The van der Waals surface area contributed by atoms with E-state index in [4.69, 9.17) is 9.47 Å². The Morgan fingerprint density at radius 1 is 1.17 bits per heavy atom. The van der Waals surface area contributed by atoms with Gasteiger partial charge in [0.2, 0.25) is 0 Å². The number of hydrogen-bond donors (Lipinski definition) is 2. The van der Waals surface area contributed by atoms with Gasteiger partial charge in [-0.05, 0) is 61.8 Å². The Morgan fingerprint density at radius 2 is 1.94 bits per heavy atom. The lowest BCUT2D eigenvalue weighted by Gasteiger charge is -2.25. The molecule has 2 aromatic carbocycles. The first-order valence-electron chi connectivity index (χ1n) is 12.7. The van der Waals surface area contributed by atoms with E-state index in [1.54, 1.807) is 12.1 Å². The average Bonchev–Trinajstić information content (AvgIpc) is 2.91. The molecule has 1 heterocycles. The van der Waals surface area contributed by atoms with E-state index >= 15 is 0 Å². The average molecular weight is 498 g/mol. The van der Waals surface area contributed by atoms with Crippen molar-refractivity contribution in [3.8, 4) is 0 Å². The SMILES string of the molecule is CNN(CCCC1CCCOC1)C(=O)c1cccc(C(OCCNC(=O)OC)c2cccc(C)c2)c1. The van der Waals surface area contributed by atoms with E-state index < -0.39 is 6.09 Å². The molecule has 0 saturated carbocycles. The van der Waals surface area contributed by atoms with Gasteiger partial charge in [0.25, 0.3) is 5.91 Å². The number of rotatable bonds is 12. The Morgan fingerprint density at radius 3 is 2.64 bits per heavy atom. The molecule has 8 nitrogen and oxygen atoms in total. The van der Waals surface area contributed by atoms with Crippen molar-refractivity contribution in [3.05, 3.63) is 70.8 Å². The van der Waals surface area contributed by atoms with Gasteiger partial charge in [-0.3, -0.25) is 9.80 Å². The van der Waals surface area contributed by atoms with Crippen LogP contribution in [0.15, 0.2) is 48.5 Å². The van der Waals surface area contributed by atoms with Crippen molar-refractivity contribution in [2.24, 2.45) is 5.92 Å². The number of benzene rings is 2. The van der Waals surface area contributed by atoms with Crippen molar-refractivity contribution in [1.82, 2.24) is 15.8 Å². The zero-order chi connectivity index (χ0) is 25.8. The fraction of sp³-hybridized carbons (Fsp3) is 0.500. The highest BCUT2D eigenvalue weighted by Gasteiger charge is 2.20. The summed E-state index contributed by atoms with van der Waals surface area (Å²) in [5, 5.41) is 4.31. The highest BCUT2D eigenvalue weighted by atomic mass is 16.5. The maximum Gasteiger partial charge on any atom is 0.406 e. The van der Waals surface area contributed by atoms with Gasteiger partial charge in [-0.2, -0.15) is 0 Å². The number of amides is 2. The van der Waals surface area contributed by atoms with Gasteiger partial charge in [0, 0.05) is 38.9 Å². The van der Waals surface area contributed by atoms with Gasteiger partial charge in [-0.1, -0.05) is 42.0 Å². The van der Waals surface area contributed by atoms with Gasteiger partial charge in [0.05, 0.1) is 13.7 Å². The second kappa shape index (κ2) is 14.6. The van der Waals surface area contributed by atoms with Gasteiger partial charge in [0.1, 0.15) is 6.10 Å². The number of ether oxygens (including phenoxy) is 3. The van der Waals surface area contributed by atoms with E-state index in [0.717, 1.165) is 49.2 Å². The van der Waals surface area contributed by atoms with Crippen molar-refractivity contribution >= 4 is 12.0 Å². The Bertz CT molecular complexity index is 977. The molecule has 0 radical (unpaired) electrons.